The Kier molecular flexibility index (Phi) is 2.66. The summed E-state index contributed by atoms with van der Waals surface area (Å²) < 4.78 is 15.1. The van der Waals surface area contributed by atoms with Crippen molar-refractivity contribution in [2.45, 2.75) is 6.92 Å². The molecule has 1 aromatic carbocycles. The zero-order valence-corrected chi connectivity index (χ0v) is 8.73. The SMILES string of the molecule is Cc1c(N)cc2cn(C)nc2c1F.Cl. The lowest BCUT2D eigenvalue weighted by Crippen LogP contribution is -1.94. The molecule has 0 fully saturated rings. The number of hydrogen-bond donors (Lipinski definition) is 1. The number of aryl methyl sites for hydroxylation is 1. The molecule has 76 valence electrons. The van der Waals surface area contributed by atoms with E-state index in [1.54, 1.807) is 30.9 Å². The topological polar surface area (TPSA) is 43.8 Å². The lowest BCUT2D eigenvalue weighted by Gasteiger charge is -2.00. The summed E-state index contributed by atoms with van der Waals surface area (Å²) >= 11 is 0. The third-order valence-electron chi connectivity index (χ3n) is 2.14. The summed E-state index contributed by atoms with van der Waals surface area (Å²) in [5, 5.41) is 4.74. The van der Waals surface area contributed by atoms with Crippen LogP contribution in [0.25, 0.3) is 10.9 Å². The van der Waals surface area contributed by atoms with Crippen LogP contribution in [0, 0.1) is 12.7 Å². The van der Waals surface area contributed by atoms with E-state index in [9.17, 15) is 4.39 Å². The van der Waals surface area contributed by atoms with Gasteiger partial charge in [-0.25, -0.2) is 4.39 Å². The molecular weight excluding hydrogens is 205 g/mol. The number of halogens is 2. The summed E-state index contributed by atoms with van der Waals surface area (Å²) in [6, 6.07) is 1.74. The molecule has 0 aliphatic heterocycles. The first-order chi connectivity index (χ1) is 6.09. The largest absolute Gasteiger partial charge is 0.398 e. The molecule has 14 heavy (non-hydrogen) atoms. The van der Waals surface area contributed by atoms with E-state index in [1.165, 1.54) is 0 Å². The van der Waals surface area contributed by atoms with Crippen molar-refractivity contribution in [1.29, 1.82) is 0 Å². The van der Waals surface area contributed by atoms with Crippen molar-refractivity contribution in [2.75, 3.05) is 5.73 Å². The van der Waals surface area contributed by atoms with E-state index in [0.717, 1.165) is 5.39 Å². The summed E-state index contributed by atoms with van der Waals surface area (Å²) in [6.07, 6.45) is 1.74. The van der Waals surface area contributed by atoms with Gasteiger partial charge in [-0.05, 0) is 13.0 Å². The Balaban J connectivity index is 0.000000980. The van der Waals surface area contributed by atoms with Crippen LogP contribution < -0.4 is 5.73 Å². The van der Waals surface area contributed by atoms with Gasteiger partial charge in [0.2, 0.25) is 0 Å². The molecule has 1 aromatic heterocycles. The number of anilines is 1. The van der Waals surface area contributed by atoms with E-state index in [1.807, 2.05) is 0 Å². The number of fused-ring (bicyclic) bond motifs is 1. The average Bonchev–Trinajstić information content (AvgIpc) is 2.42. The van der Waals surface area contributed by atoms with Crippen molar-refractivity contribution < 1.29 is 4.39 Å². The monoisotopic (exact) mass is 215 g/mol. The number of nitrogens with zero attached hydrogens (tertiary/aromatic N) is 2. The van der Waals surface area contributed by atoms with E-state index < -0.39 is 0 Å². The Labute approximate surface area is 87.1 Å². The van der Waals surface area contributed by atoms with E-state index in [-0.39, 0.29) is 18.2 Å². The molecule has 0 unspecified atom stereocenters. The molecule has 0 atom stereocenters. The van der Waals surface area contributed by atoms with Crippen molar-refractivity contribution in [3.63, 3.8) is 0 Å². The highest BCUT2D eigenvalue weighted by atomic mass is 35.5. The van der Waals surface area contributed by atoms with Crippen LogP contribution in [-0.2, 0) is 7.05 Å². The molecule has 0 bridgehead atoms. The maximum absolute atomic E-state index is 13.5. The number of hydrogen-bond acceptors (Lipinski definition) is 2. The number of nitrogen functional groups attached to an aromatic ring is 1. The van der Waals surface area contributed by atoms with Gasteiger partial charge in [-0.15, -0.1) is 12.4 Å². The van der Waals surface area contributed by atoms with Gasteiger partial charge in [-0.2, -0.15) is 5.10 Å². The fourth-order valence-corrected chi connectivity index (χ4v) is 1.36. The van der Waals surface area contributed by atoms with Crippen LogP contribution in [-0.4, -0.2) is 9.78 Å². The van der Waals surface area contributed by atoms with Gasteiger partial charge in [0, 0.05) is 29.9 Å². The second-order valence-corrected chi connectivity index (χ2v) is 3.15. The molecule has 2 N–H and O–H groups in total. The molecule has 0 spiro atoms. The van der Waals surface area contributed by atoms with Gasteiger partial charge in [0.15, 0.2) is 5.82 Å². The molecule has 2 rings (SSSR count). The highest BCUT2D eigenvalue weighted by Crippen LogP contribution is 2.24. The van der Waals surface area contributed by atoms with Crippen molar-refractivity contribution in [3.8, 4) is 0 Å². The minimum atomic E-state index is -0.324. The van der Waals surface area contributed by atoms with E-state index in [2.05, 4.69) is 5.10 Å². The molecule has 0 amide bonds. The van der Waals surface area contributed by atoms with Gasteiger partial charge in [0.05, 0.1) is 0 Å². The van der Waals surface area contributed by atoms with Gasteiger partial charge in [-0.1, -0.05) is 0 Å². The highest BCUT2D eigenvalue weighted by molar-refractivity contribution is 5.85. The summed E-state index contributed by atoms with van der Waals surface area (Å²) in [6.45, 7) is 1.65. The summed E-state index contributed by atoms with van der Waals surface area (Å²) in [5.74, 6) is -0.324. The van der Waals surface area contributed by atoms with Crippen LogP contribution in [0.4, 0.5) is 10.1 Å². The zero-order valence-electron chi connectivity index (χ0n) is 7.91. The van der Waals surface area contributed by atoms with Gasteiger partial charge in [0.1, 0.15) is 5.52 Å². The summed E-state index contributed by atoms with van der Waals surface area (Å²) in [5.41, 5.74) is 6.94. The molecule has 0 radical (unpaired) electrons. The first-order valence-electron chi connectivity index (χ1n) is 3.97. The van der Waals surface area contributed by atoms with Gasteiger partial charge in [0.25, 0.3) is 0 Å². The van der Waals surface area contributed by atoms with Crippen LogP contribution >= 0.6 is 12.4 Å². The first kappa shape index (κ1) is 10.8. The molecule has 1 heterocycles. The average molecular weight is 216 g/mol. The number of nitrogens with two attached hydrogens (primary N) is 1. The number of rotatable bonds is 0. The van der Waals surface area contributed by atoms with Crippen molar-refractivity contribution in [3.05, 3.63) is 23.6 Å². The predicted molar refractivity (Wildman–Crippen MR) is 57.1 cm³/mol. The van der Waals surface area contributed by atoms with Crippen molar-refractivity contribution in [2.24, 2.45) is 7.05 Å². The van der Waals surface area contributed by atoms with Crippen LogP contribution in [0.5, 0.6) is 0 Å². The first-order valence-corrected chi connectivity index (χ1v) is 3.97. The Morgan fingerprint density at radius 3 is 2.79 bits per heavy atom. The quantitative estimate of drug-likeness (QED) is 0.684. The van der Waals surface area contributed by atoms with Gasteiger partial charge >= 0.3 is 0 Å². The Morgan fingerprint density at radius 2 is 2.14 bits per heavy atom. The highest BCUT2D eigenvalue weighted by Gasteiger charge is 2.10. The minimum absolute atomic E-state index is 0. The Hall–Kier alpha value is -1.29. The summed E-state index contributed by atoms with van der Waals surface area (Å²) in [7, 11) is 1.75. The maximum atomic E-state index is 13.5. The van der Waals surface area contributed by atoms with E-state index in [0.29, 0.717) is 16.8 Å². The van der Waals surface area contributed by atoms with Crippen molar-refractivity contribution in [1.82, 2.24) is 9.78 Å². The second-order valence-electron chi connectivity index (χ2n) is 3.15. The van der Waals surface area contributed by atoms with Crippen LogP contribution in [0.2, 0.25) is 0 Å². The Morgan fingerprint density at radius 1 is 1.50 bits per heavy atom. The maximum Gasteiger partial charge on any atom is 0.156 e. The van der Waals surface area contributed by atoms with Gasteiger partial charge < -0.3 is 5.73 Å². The molecule has 5 heteroatoms. The Bertz CT molecular complexity index is 478. The third kappa shape index (κ3) is 1.42. The molecule has 3 nitrogen and oxygen atoms in total. The smallest absolute Gasteiger partial charge is 0.156 e. The number of aromatic nitrogens is 2. The zero-order chi connectivity index (χ0) is 9.59. The fourth-order valence-electron chi connectivity index (χ4n) is 1.36. The molecule has 2 aromatic rings. The molecular formula is C9H11ClFN3. The third-order valence-corrected chi connectivity index (χ3v) is 2.14. The van der Waals surface area contributed by atoms with Crippen LogP contribution in [0.3, 0.4) is 0 Å². The van der Waals surface area contributed by atoms with Crippen LogP contribution in [0.1, 0.15) is 5.56 Å². The fraction of sp³-hybridized carbons (Fsp3) is 0.222. The van der Waals surface area contributed by atoms with Gasteiger partial charge in [-0.3, -0.25) is 4.68 Å². The molecule has 0 saturated carbocycles. The molecule has 0 aliphatic carbocycles. The summed E-state index contributed by atoms with van der Waals surface area (Å²) in [4.78, 5) is 0. The van der Waals surface area contributed by atoms with Crippen LogP contribution in [0.15, 0.2) is 12.3 Å². The minimum Gasteiger partial charge on any atom is -0.398 e. The standard InChI is InChI=1S/C9H10FN3.ClH/c1-5-7(11)3-6-4-13(2)12-9(6)8(5)10;/h3-4H,11H2,1-2H3;1H. The second kappa shape index (κ2) is 3.46. The lowest BCUT2D eigenvalue weighted by molar-refractivity contribution is 0.624. The molecule has 0 aliphatic rings. The van der Waals surface area contributed by atoms with E-state index in [4.69, 9.17) is 5.73 Å². The molecule has 0 saturated heterocycles. The predicted octanol–water partition coefficient (Wildman–Crippen LogP) is 2.02. The van der Waals surface area contributed by atoms with Crippen molar-refractivity contribution >= 4 is 29.0 Å². The van der Waals surface area contributed by atoms with E-state index >= 15 is 0 Å². The lowest BCUT2D eigenvalue weighted by atomic mass is 10.1. The normalized spacial score (nSPS) is 10.2. The number of benzene rings is 1.